The number of ether oxygens (including phenoxy) is 1. The number of amides is 3. The van der Waals surface area contributed by atoms with Crippen molar-refractivity contribution >= 4 is 29.3 Å². The van der Waals surface area contributed by atoms with E-state index in [0.717, 1.165) is 22.5 Å². The van der Waals surface area contributed by atoms with Gasteiger partial charge in [-0.15, -0.1) is 0 Å². The Morgan fingerprint density at radius 3 is 2.54 bits per heavy atom. The second kappa shape index (κ2) is 11.0. The van der Waals surface area contributed by atoms with Crippen LogP contribution in [0.25, 0.3) is 11.1 Å². The van der Waals surface area contributed by atoms with Crippen LogP contribution in [-0.2, 0) is 9.53 Å². The summed E-state index contributed by atoms with van der Waals surface area (Å²) >= 11 is 0. The monoisotopic (exact) mass is 546 g/mol. The molecule has 12 heteroatoms. The van der Waals surface area contributed by atoms with Gasteiger partial charge in [0.05, 0.1) is 19.3 Å². The Bertz CT molecular complexity index is 1230. The number of pyridine rings is 1. The highest BCUT2D eigenvalue weighted by Crippen LogP contribution is 2.34. The molecule has 2 atom stereocenters. The number of rotatable bonds is 5. The summed E-state index contributed by atoms with van der Waals surface area (Å²) in [4.78, 5) is 35.5. The second-order valence-corrected chi connectivity index (χ2v) is 10.4. The number of aromatic nitrogens is 1. The number of nitrogens with two attached hydrogens (primary N) is 1. The predicted molar refractivity (Wildman–Crippen MR) is 142 cm³/mol. The molecule has 2 aromatic rings. The Morgan fingerprint density at radius 1 is 1.10 bits per heavy atom. The lowest BCUT2D eigenvalue weighted by Gasteiger charge is -2.29. The average Bonchev–Trinajstić information content (AvgIpc) is 3.50. The lowest BCUT2D eigenvalue weighted by molar-refractivity contribution is -0.143. The number of aryl methyl sites for hydroxylation is 1. The number of hydrogen-bond acceptors (Lipinski definition) is 6. The number of halogens is 3. The molecule has 4 heterocycles. The summed E-state index contributed by atoms with van der Waals surface area (Å²) in [6, 6.07) is 8.35. The number of nitrogens with zero attached hydrogens (tertiary/aromatic N) is 4. The maximum atomic E-state index is 12.9. The van der Waals surface area contributed by atoms with Crippen molar-refractivity contribution in [1.82, 2.24) is 9.88 Å². The summed E-state index contributed by atoms with van der Waals surface area (Å²) in [6.07, 6.45) is -4.24. The number of nitrogens with one attached hydrogen (secondary N) is 1. The van der Waals surface area contributed by atoms with E-state index in [1.165, 1.54) is 4.90 Å². The Labute approximate surface area is 225 Å². The van der Waals surface area contributed by atoms with Crippen molar-refractivity contribution in [3.8, 4) is 11.1 Å². The van der Waals surface area contributed by atoms with Crippen LogP contribution in [0.5, 0.6) is 0 Å². The van der Waals surface area contributed by atoms with Crippen LogP contribution in [0, 0.1) is 12.8 Å². The summed E-state index contributed by atoms with van der Waals surface area (Å²) in [5, 5.41) is 2.85. The van der Waals surface area contributed by atoms with Crippen LogP contribution in [0.4, 0.5) is 35.3 Å². The van der Waals surface area contributed by atoms with Crippen molar-refractivity contribution in [1.29, 1.82) is 0 Å². The average molecular weight is 547 g/mol. The van der Waals surface area contributed by atoms with Gasteiger partial charge >= 0.3 is 12.2 Å². The standard InChI is InChI=1S/C27H33F3N6O3/c1-17-2-3-20(32-26(38)35-6-4-18(16-35)15-27(28,29)30)14-21(17)19-12-23(34-8-10-39-11-9-34)33-24(13-19)36-7-5-22(31)25(36)37/h2-3,12-14,18,22H,4-11,15-16,31H2,1H3,(H,32,38)/t18-,22+/m0/s1. The second-order valence-electron chi connectivity index (χ2n) is 10.4. The van der Waals surface area contributed by atoms with E-state index in [1.54, 1.807) is 11.0 Å². The number of urea groups is 1. The highest BCUT2D eigenvalue weighted by atomic mass is 19.4. The van der Waals surface area contributed by atoms with Gasteiger partial charge in [0.1, 0.15) is 11.6 Å². The number of carbonyl (C=O) groups is 2. The van der Waals surface area contributed by atoms with Crippen LogP contribution in [0.1, 0.15) is 24.8 Å². The summed E-state index contributed by atoms with van der Waals surface area (Å²) in [7, 11) is 0. The van der Waals surface area contributed by atoms with E-state index >= 15 is 0 Å². The Hall–Kier alpha value is -3.38. The first-order chi connectivity index (χ1) is 18.6. The zero-order valence-corrected chi connectivity index (χ0v) is 21.8. The van der Waals surface area contributed by atoms with Crippen LogP contribution in [0.15, 0.2) is 30.3 Å². The van der Waals surface area contributed by atoms with Gasteiger partial charge in [-0.1, -0.05) is 6.07 Å². The molecular weight excluding hydrogens is 513 g/mol. The van der Waals surface area contributed by atoms with Crippen LogP contribution in [0.3, 0.4) is 0 Å². The molecule has 3 aliphatic heterocycles. The maximum absolute atomic E-state index is 12.9. The van der Waals surface area contributed by atoms with Gasteiger partial charge in [0.15, 0.2) is 0 Å². The van der Waals surface area contributed by atoms with E-state index in [4.69, 9.17) is 15.5 Å². The molecule has 3 fully saturated rings. The molecule has 9 nitrogen and oxygen atoms in total. The van der Waals surface area contributed by atoms with Crippen LogP contribution in [0.2, 0.25) is 0 Å². The van der Waals surface area contributed by atoms with Crippen molar-refractivity contribution in [3.05, 3.63) is 35.9 Å². The number of anilines is 3. The van der Waals surface area contributed by atoms with Gasteiger partial charge in [-0.05, 0) is 66.6 Å². The van der Waals surface area contributed by atoms with Gasteiger partial charge in [-0.2, -0.15) is 13.2 Å². The maximum Gasteiger partial charge on any atom is 0.389 e. The molecule has 5 rings (SSSR count). The highest BCUT2D eigenvalue weighted by molar-refractivity contribution is 5.99. The molecule has 0 spiro atoms. The minimum Gasteiger partial charge on any atom is -0.378 e. The van der Waals surface area contributed by atoms with Gasteiger partial charge in [0.25, 0.3) is 0 Å². The SMILES string of the molecule is Cc1ccc(NC(=O)N2CC[C@@H](CC(F)(F)F)C2)cc1-c1cc(N2CCOCC2)nc(N2CC[C@@H](N)C2=O)c1. The molecule has 0 bridgehead atoms. The smallest absolute Gasteiger partial charge is 0.378 e. The minimum atomic E-state index is -4.24. The largest absolute Gasteiger partial charge is 0.389 e. The third-order valence-electron chi connectivity index (χ3n) is 7.55. The fourth-order valence-electron chi connectivity index (χ4n) is 5.40. The Balaban J connectivity index is 1.40. The highest BCUT2D eigenvalue weighted by Gasteiger charge is 2.36. The van der Waals surface area contributed by atoms with Gasteiger partial charge < -0.3 is 25.6 Å². The summed E-state index contributed by atoms with van der Waals surface area (Å²) in [5.74, 6) is 0.494. The lowest BCUT2D eigenvalue weighted by Crippen LogP contribution is -2.38. The van der Waals surface area contributed by atoms with Gasteiger partial charge in [0, 0.05) is 44.8 Å². The molecule has 3 amide bonds. The van der Waals surface area contributed by atoms with E-state index in [9.17, 15) is 22.8 Å². The zero-order chi connectivity index (χ0) is 27.7. The van der Waals surface area contributed by atoms with E-state index in [0.29, 0.717) is 57.2 Å². The van der Waals surface area contributed by atoms with Crippen LogP contribution in [-0.4, -0.2) is 80.0 Å². The summed E-state index contributed by atoms with van der Waals surface area (Å²) < 4.78 is 43.8. The number of likely N-dealkylation sites (tertiary alicyclic amines) is 1. The van der Waals surface area contributed by atoms with Crippen molar-refractivity contribution in [2.45, 2.75) is 38.4 Å². The number of hydrogen-bond donors (Lipinski definition) is 2. The Kier molecular flexibility index (Phi) is 7.68. The summed E-state index contributed by atoms with van der Waals surface area (Å²) in [5.41, 5.74) is 9.13. The molecule has 0 saturated carbocycles. The summed E-state index contributed by atoms with van der Waals surface area (Å²) in [6.45, 7) is 5.30. The van der Waals surface area contributed by atoms with Gasteiger partial charge in [0.2, 0.25) is 5.91 Å². The quantitative estimate of drug-likeness (QED) is 0.592. The molecule has 1 aromatic carbocycles. The van der Waals surface area contributed by atoms with Crippen molar-refractivity contribution in [2.24, 2.45) is 11.7 Å². The minimum absolute atomic E-state index is 0.0761. The first kappa shape index (κ1) is 27.2. The van der Waals surface area contributed by atoms with Gasteiger partial charge in [-0.25, -0.2) is 9.78 Å². The fourth-order valence-corrected chi connectivity index (χ4v) is 5.40. The molecule has 0 aliphatic carbocycles. The van der Waals surface area contributed by atoms with Crippen molar-refractivity contribution < 1.29 is 27.5 Å². The van der Waals surface area contributed by atoms with Crippen molar-refractivity contribution in [3.63, 3.8) is 0 Å². The van der Waals surface area contributed by atoms with E-state index < -0.39 is 30.6 Å². The third-order valence-corrected chi connectivity index (χ3v) is 7.55. The number of carbonyl (C=O) groups excluding carboxylic acids is 2. The number of morpholine rings is 1. The van der Waals surface area contributed by atoms with Gasteiger partial charge in [-0.3, -0.25) is 9.69 Å². The van der Waals surface area contributed by atoms with E-state index in [1.807, 2.05) is 31.2 Å². The lowest BCUT2D eigenvalue weighted by atomic mass is 10.00. The van der Waals surface area contributed by atoms with Crippen molar-refractivity contribution in [2.75, 3.05) is 61.1 Å². The molecule has 1 aromatic heterocycles. The number of benzene rings is 1. The molecule has 0 radical (unpaired) electrons. The molecule has 3 N–H and O–H groups in total. The molecular formula is C27H33F3N6O3. The third kappa shape index (κ3) is 6.27. The first-order valence-corrected chi connectivity index (χ1v) is 13.2. The van der Waals surface area contributed by atoms with E-state index in [2.05, 4.69) is 10.2 Å². The molecule has 3 saturated heterocycles. The fraction of sp³-hybridized carbons (Fsp3) is 0.519. The van der Waals surface area contributed by atoms with Crippen LogP contribution >= 0.6 is 0 Å². The predicted octanol–water partition coefficient (Wildman–Crippen LogP) is 3.76. The number of alkyl halides is 3. The normalized spacial score (nSPS) is 22.1. The van der Waals surface area contributed by atoms with E-state index in [-0.39, 0.29) is 19.0 Å². The molecule has 39 heavy (non-hydrogen) atoms. The molecule has 0 unspecified atom stereocenters. The first-order valence-electron chi connectivity index (χ1n) is 13.2. The van der Waals surface area contributed by atoms with Crippen LogP contribution < -0.4 is 20.9 Å². The topological polar surface area (TPSA) is 104 Å². The molecule has 3 aliphatic rings. The zero-order valence-electron chi connectivity index (χ0n) is 21.8. The Morgan fingerprint density at radius 2 is 1.85 bits per heavy atom. The molecule has 210 valence electrons.